The number of nitrogens with one attached hydrogen (secondary N) is 2. The Morgan fingerprint density at radius 1 is 1.40 bits per heavy atom. The molecule has 7 heteroatoms. The van der Waals surface area contributed by atoms with Gasteiger partial charge in [-0.25, -0.2) is 4.98 Å². The molecule has 20 heavy (non-hydrogen) atoms. The number of methoxy groups -OCH3 is 1. The lowest BCUT2D eigenvalue weighted by Crippen LogP contribution is -2.05. The number of benzene rings is 1. The van der Waals surface area contributed by atoms with Crippen molar-refractivity contribution in [3.63, 3.8) is 0 Å². The maximum absolute atomic E-state index is 6.01. The fourth-order valence-electron chi connectivity index (χ4n) is 1.60. The first kappa shape index (κ1) is 14.9. The molecular weight excluding hydrogens is 344 g/mol. The molecule has 0 radical (unpaired) electrons. The van der Waals surface area contributed by atoms with Crippen molar-refractivity contribution in [2.24, 2.45) is 0 Å². The summed E-state index contributed by atoms with van der Waals surface area (Å²) in [5, 5.41) is 6.86. The number of halogens is 2. The second-order valence-electron chi connectivity index (χ2n) is 3.89. The Morgan fingerprint density at radius 2 is 2.20 bits per heavy atom. The molecule has 0 aliphatic rings. The van der Waals surface area contributed by atoms with Gasteiger partial charge in [-0.05, 0) is 41.1 Å². The van der Waals surface area contributed by atoms with Crippen LogP contribution in [0.15, 0.2) is 28.9 Å². The summed E-state index contributed by atoms with van der Waals surface area (Å²) in [7, 11) is 1.60. The molecule has 1 aromatic heterocycles. The number of aromatic nitrogens is 2. The van der Waals surface area contributed by atoms with Gasteiger partial charge in [0, 0.05) is 17.8 Å². The Bertz CT molecular complexity index is 609. The minimum Gasteiger partial charge on any atom is -0.495 e. The second kappa shape index (κ2) is 6.76. The standard InChI is InChI=1S/C13H14BrClN4O/c1-3-16-13-17-7-9(14)12(19-13)18-10-6-8(15)4-5-11(10)20-2/h4-7H,3H2,1-2H3,(H2,16,17,18,19). The van der Waals surface area contributed by atoms with Gasteiger partial charge >= 0.3 is 0 Å². The molecule has 0 amide bonds. The molecule has 2 rings (SSSR count). The first-order valence-corrected chi connectivity index (χ1v) is 7.18. The van der Waals surface area contributed by atoms with Crippen molar-refractivity contribution in [2.75, 3.05) is 24.3 Å². The molecule has 106 valence electrons. The summed E-state index contributed by atoms with van der Waals surface area (Å²) >= 11 is 9.42. The molecule has 5 nitrogen and oxygen atoms in total. The summed E-state index contributed by atoms with van der Waals surface area (Å²) in [6.07, 6.45) is 1.68. The van der Waals surface area contributed by atoms with Gasteiger partial charge in [-0.3, -0.25) is 0 Å². The molecule has 2 aromatic rings. The average molecular weight is 358 g/mol. The number of anilines is 3. The van der Waals surface area contributed by atoms with Gasteiger partial charge in [-0.2, -0.15) is 4.98 Å². The number of nitrogens with zero attached hydrogens (tertiary/aromatic N) is 2. The highest BCUT2D eigenvalue weighted by Gasteiger charge is 2.09. The second-order valence-corrected chi connectivity index (χ2v) is 5.18. The average Bonchev–Trinajstić information content (AvgIpc) is 2.43. The van der Waals surface area contributed by atoms with Crippen LogP contribution in [0.4, 0.5) is 17.5 Å². The van der Waals surface area contributed by atoms with E-state index in [0.29, 0.717) is 22.5 Å². The lowest BCUT2D eigenvalue weighted by Gasteiger charge is -2.13. The highest BCUT2D eigenvalue weighted by molar-refractivity contribution is 9.10. The van der Waals surface area contributed by atoms with Gasteiger partial charge in [0.1, 0.15) is 11.6 Å². The van der Waals surface area contributed by atoms with Crippen LogP contribution in [-0.4, -0.2) is 23.6 Å². The quantitative estimate of drug-likeness (QED) is 0.844. The predicted octanol–water partition coefficient (Wildman–Crippen LogP) is 4.08. The molecular formula is C13H14BrClN4O. The van der Waals surface area contributed by atoms with Crippen molar-refractivity contribution in [1.82, 2.24) is 9.97 Å². The minimum absolute atomic E-state index is 0.555. The summed E-state index contributed by atoms with van der Waals surface area (Å²) in [6, 6.07) is 5.34. The summed E-state index contributed by atoms with van der Waals surface area (Å²) in [4.78, 5) is 8.55. The van der Waals surface area contributed by atoms with Crippen LogP contribution in [0.25, 0.3) is 0 Å². The summed E-state index contributed by atoms with van der Waals surface area (Å²) < 4.78 is 6.05. The van der Waals surface area contributed by atoms with Crippen molar-refractivity contribution in [2.45, 2.75) is 6.92 Å². The molecule has 1 heterocycles. The van der Waals surface area contributed by atoms with Gasteiger partial charge in [0.2, 0.25) is 5.95 Å². The monoisotopic (exact) mass is 356 g/mol. The maximum Gasteiger partial charge on any atom is 0.224 e. The Hall–Kier alpha value is -1.53. The smallest absolute Gasteiger partial charge is 0.224 e. The number of hydrogen-bond donors (Lipinski definition) is 2. The largest absolute Gasteiger partial charge is 0.495 e. The van der Waals surface area contributed by atoms with Crippen LogP contribution in [0, 0.1) is 0 Å². The van der Waals surface area contributed by atoms with Crippen molar-refractivity contribution in [1.29, 1.82) is 0 Å². The van der Waals surface area contributed by atoms with Gasteiger partial charge in [0.25, 0.3) is 0 Å². The van der Waals surface area contributed by atoms with E-state index < -0.39 is 0 Å². The van der Waals surface area contributed by atoms with Crippen molar-refractivity contribution in [3.8, 4) is 5.75 Å². The van der Waals surface area contributed by atoms with Crippen LogP contribution in [-0.2, 0) is 0 Å². The zero-order valence-corrected chi connectivity index (χ0v) is 13.4. The zero-order chi connectivity index (χ0) is 14.5. The Labute approximate surface area is 130 Å². The molecule has 0 unspecified atom stereocenters. The first-order chi connectivity index (χ1) is 9.63. The Kier molecular flexibility index (Phi) is 5.03. The van der Waals surface area contributed by atoms with Crippen LogP contribution in [0.5, 0.6) is 5.75 Å². The van der Waals surface area contributed by atoms with Crippen LogP contribution in [0.3, 0.4) is 0 Å². The Morgan fingerprint density at radius 3 is 2.90 bits per heavy atom. The van der Waals surface area contributed by atoms with E-state index in [1.807, 2.05) is 6.92 Å². The van der Waals surface area contributed by atoms with Gasteiger partial charge in [0.15, 0.2) is 0 Å². The molecule has 0 aliphatic carbocycles. The van der Waals surface area contributed by atoms with Gasteiger partial charge < -0.3 is 15.4 Å². The van der Waals surface area contributed by atoms with E-state index in [9.17, 15) is 0 Å². The van der Waals surface area contributed by atoms with Crippen LogP contribution < -0.4 is 15.4 Å². The molecule has 0 aliphatic heterocycles. The minimum atomic E-state index is 0.555. The van der Waals surface area contributed by atoms with Crippen molar-refractivity contribution < 1.29 is 4.74 Å². The fraction of sp³-hybridized carbons (Fsp3) is 0.231. The van der Waals surface area contributed by atoms with Crippen LogP contribution in [0.2, 0.25) is 5.02 Å². The van der Waals surface area contributed by atoms with Crippen LogP contribution >= 0.6 is 27.5 Å². The molecule has 0 saturated carbocycles. The van der Waals surface area contributed by atoms with Crippen molar-refractivity contribution >= 4 is 45.0 Å². The van der Waals surface area contributed by atoms with E-state index in [4.69, 9.17) is 16.3 Å². The van der Waals surface area contributed by atoms with E-state index in [2.05, 4.69) is 36.5 Å². The normalized spacial score (nSPS) is 10.2. The molecule has 0 bridgehead atoms. The summed E-state index contributed by atoms with van der Waals surface area (Å²) in [5.74, 6) is 1.88. The third kappa shape index (κ3) is 3.52. The molecule has 2 N–H and O–H groups in total. The van der Waals surface area contributed by atoms with E-state index >= 15 is 0 Å². The van der Waals surface area contributed by atoms with Crippen molar-refractivity contribution in [3.05, 3.63) is 33.9 Å². The zero-order valence-electron chi connectivity index (χ0n) is 11.1. The van der Waals surface area contributed by atoms with E-state index in [1.165, 1.54) is 0 Å². The van der Waals surface area contributed by atoms with E-state index in [1.54, 1.807) is 31.5 Å². The number of hydrogen-bond acceptors (Lipinski definition) is 5. The third-order valence-electron chi connectivity index (χ3n) is 2.49. The molecule has 0 fully saturated rings. The molecule has 1 aromatic carbocycles. The summed E-state index contributed by atoms with van der Waals surface area (Å²) in [5.41, 5.74) is 0.738. The maximum atomic E-state index is 6.01. The molecule has 0 spiro atoms. The molecule has 0 saturated heterocycles. The van der Waals surface area contributed by atoms with E-state index in [-0.39, 0.29) is 0 Å². The van der Waals surface area contributed by atoms with Gasteiger partial charge in [0.05, 0.1) is 17.3 Å². The lowest BCUT2D eigenvalue weighted by molar-refractivity contribution is 0.417. The third-order valence-corrected chi connectivity index (χ3v) is 3.31. The predicted molar refractivity (Wildman–Crippen MR) is 85.2 cm³/mol. The highest BCUT2D eigenvalue weighted by Crippen LogP contribution is 2.32. The number of ether oxygens (including phenoxy) is 1. The lowest BCUT2D eigenvalue weighted by atomic mass is 10.3. The SMILES string of the molecule is CCNc1ncc(Br)c(Nc2cc(Cl)ccc2OC)n1. The van der Waals surface area contributed by atoms with E-state index in [0.717, 1.165) is 16.7 Å². The first-order valence-electron chi connectivity index (χ1n) is 6.01. The summed E-state index contributed by atoms with van der Waals surface area (Å²) in [6.45, 7) is 2.74. The highest BCUT2D eigenvalue weighted by atomic mass is 79.9. The number of rotatable bonds is 5. The van der Waals surface area contributed by atoms with Gasteiger partial charge in [-0.1, -0.05) is 11.6 Å². The molecule has 0 atom stereocenters. The van der Waals surface area contributed by atoms with Crippen LogP contribution in [0.1, 0.15) is 6.92 Å². The Balaban J connectivity index is 2.33. The fourth-order valence-corrected chi connectivity index (χ4v) is 2.07. The van der Waals surface area contributed by atoms with Gasteiger partial charge in [-0.15, -0.1) is 0 Å². The topological polar surface area (TPSA) is 59.1 Å².